The van der Waals surface area contributed by atoms with E-state index >= 15 is 0 Å². The molecule has 0 radical (unpaired) electrons. The zero-order chi connectivity index (χ0) is 20.2. The SMILES string of the molecule is COc1cc(Cn2cccn2)cc2onc(NS(=O)CC(OC)C3CCCC3)c12. The number of fused-ring (bicyclic) bond motifs is 1. The van der Waals surface area contributed by atoms with E-state index in [4.69, 9.17) is 14.0 Å². The first kappa shape index (κ1) is 19.9. The van der Waals surface area contributed by atoms with Gasteiger partial charge in [0.2, 0.25) is 0 Å². The first-order chi connectivity index (χ1) is 14.2. The molecule has 1 aliphatic rings. The van der Waals surface area contributed by atoms with Crippen molar-refractivity contribution in [3.63, 3.8) is 0 Å². The van der Waals surface area contributed by atoms with Crippen LogP contribution < -0.4 is 9.46 Å². The Bertz CT molecular complexity index is 966. The Morgan fingerprint density at radius 2 is 2.17 bits per heavy atom. The van der Waals surface area contributed by atoms with Crippen LogP contribution in [0.5, 0.6) is 5.75 Å². The summed E-state index contributed by atoms with van der Waals surface area (Å²) in [5.41, 5.74) is 1.55. The predicted octanol–water partition coefficient (Wildman–Crippen LogP) is 3.36. The van der Waals surface area contributed by atoms with E-state index in [1.165, 1.54) is 12.8 Å². The highest BCUT2D eigenvalue weighted by Crippen LogP contribution is 2.34. The van der Waals surface area contributed by atoms with Crippen molar-refractivity contribution in [2.75, 3.05) is 24.7 Å². The van der Waals surface area contributed by atoms with Crippen LogP contribution in [-0.2, 0) is 22.3 Å². The molecular formula is C20H26N4O4S. The normalized spacial score (nSPS) is 16.9. The Labute approximate surface area is 172 Å². The first-order valence-electron chi connectivity index (χ1n) is 9.79. The van der Waals surface area contributed by atoms with Gasteiger partial charge in [-0.15, -0.1) is 0 Å². The lowest BCUT2D eigenvalue weighted by atomic mass is 10.0. The molecule has 0 spiro atoms. The summed E-state index contributed by atoms with van der Waals surface area (Å²) in [6.07, 6.45) is 8.31. The average Bonchev–Trinajstić information content (AvgIpc) is 3.48. The Balaban J connectivity index is 1.52. The number of anilines is 1. The van der Waals surface area contributed by atoms with Crippen molar-refractivity contribution in [3.8, 4) is 5.75 Å². The van der Waals surface area contributed by atoms with E-state index in [-0.39, 0.29) is 6.10 Å². The molecule has 1 aromatic carbocycles. The minimum Gasteiger partial charge on any atom is -0.496 e. The summed E-state index contributed by atoms with van der Waals surface area (Å²) in [5, 5.41) is 9.00. The van der Waals surface area contributed by atoms with Gasteiger partial charge in [0.05, 0.1) is 25.5 Å². The smallest absolute Gasteiger partial charge is 0.192 e. The van der Waals surface area contributed by atoms with Crippen molar-refractivity contribution in [1.29, 1.82) is 0 Å². The fourth-order valence-electron chi connectivity index (χ4n) is 4.02. The lowest BCUT2D eigenvalue weighted by molar-refractivity contribution is 0.0725. The van der Waals surface area contributed by atoms with Gasteiger partial charge in [-0.25, -0.2) is 4.21 Å². The molecule has 4 rings (SSSR count). The molecule has 0 bridgehead atoms. The molecule has 2 atom stereocenters. The first-order valence-corrected chi connectivity index (χ1v) is 11.1. The molecule has 2 unspecified atom stereocenters. The van der Waals surface area contributed by atoms with E-state index in [9.17, 15) is 4.21 Å². The van der Waals surface area contributed by atoms with Crippen LogP contribution in [0.25, 0.3) is 11.0 Å². The molecule has 1 N–H and O–H groups in total. The highest BCUT2D eigenvalue weighted by molar-refractivity contribution is 7.86. The minimum atomic E-state index is -1.34. The lowest BCUT2D eigenvalue weighted by Crippen LogP contribution is -2.29. The van der Waals surface area contributed by atoms with Crippen LogP contribution in [-0.4, -0.2) is 45.2 Å². The van der Waals surface area contributed by atoms with Crippen LogP contribution >= 0.6 is 0 Å². The number of nitrogens with zero attached hydrogens (tertiary/aromatic N) is 3. The topological polar surface area (TPSA) is 91.4 Å². The second-order valence-corrected chi connectivity index (χ2v) is 8.57. The Kier molecular flexibility index (Phi) is 6.15. The van der Waals surface area contributed by atoms with Gasteiger partial charge in [0, 0.05) is 19.5 Å². The third-order valence-electron chi connectivity index (χ3n) is 5.48. The largest absolute Gasteiger partial charge is 0.496 e. The molecule has 1 saturated carbocycles. The van der Waals surface area contributed by atoms with Gasteiger partial charge in [0.1, 0.15) is 22.1 Å². The predicted molar refractivity (Wildman–Crippen MR) is 111 cm³/mol. The molecule has 3 aromatic rings. The van der Waals surface area contributed by atoms with Gasteiger partial charge in [-0.05, 0) is 42.5 Å². The maximum absolute atomic E-state index is 12.7. The van der Waals surface area contributed by atoms with Gasteiger partial charge < -0.3 is 14.0 Å². The zero-order valence-corrected chi connectivity index (χ0v) is 17.5. The monoisotopic (exact) mass is 418 g/mol. The summed E-state index contributed by atoms with van der Waals surface area (Å²) in [5.74, 6) is 1.92. The summed E-state index contributed by atoms with van der Waals surface area (Å²) >= 11 is 0. The van der Waals surface area contributed by atoms with Crippen molar-refractivity contribution < 1.29 is 18.2 Å². The van der Waals surface area contributed by atoms with Crippen molar-refractivity contribution in [3.05, 3.63) is 36.2 Å². The number of methoxy groups -OCH3 is 2. The lowest BCUT2D eigenvalue weighted by Gasteiger charge is -2.21. The number of hydrogen-bond acceptors (Lipinski definition) is 6. The summed E-state index contributed by atoms with van der Waals surface area (Å²) in [7, 11) is 1.95. The maximum atomic E-state index is 12.7. The molecule has 29 heavy (non-hydrogen) atoms. The van der Waals surface area contributed by atoms with Crippen LogP contribution in [0.2, 0.25) is 0 Å². The number of aromatic nitrogens is 3. The zero-order valence-electron chi connectivity index (χ0n) is 16.7. The van der Waals surface area contributed by atoms with Gasteiger partial charge in [0.15, 0.2) is 11.4 Å². The molecule has 8 nitrogen and oxygen atoms in total. The molecule has 1 fully saturated rings. The number of rotatable bonds is 9. The van der Waals surface area contributed by atoms with E-state index in [0.717, 1.165) is 18.4 Å². The molecular weight excluding hydrogens is 392 g/mol. The van der Waals surface area contributed by atoms with Crippen LogP contribution in [0, 0.1) is 5.92 Å². The third kappa shape index (κ3) is 4.45. The van der Waals surface area contributed by atoms with Gasteiger partial charge in [-0.1, -0.05) is 18.0 Å². The average molecular weight is 419 g/mol. The van der Waals surface area contributed by atoms with Crippen molar-refractivity contribution >= 4 is 27.8 Å². The number of hydrogen-bond donors (Lipinski definition) is 1. The molecule has 2 heterocycles. The second kappa shape index (κ2) is 8.96. The van der Waals surface area contributed by atoms with Crippen molar-refractivity contribution in [2.45, 2.75) is 38.3 Å². The quantitative estimate of drug-likeness (QED) is 0.573. The van der Waals surface area contributed by atoms with Crippen LogP contribution in [0.15, 0.2) is 35.1 Å². The number of benzene rings is 1. The molecule has 156 valence electrons. The Hall–Kier alpha value is -2.39. The summed E-state index contributed by atoms with van der Waals surface area (Å²) in [6.45, 7) is 0.589. The number of ether oxygens (including phenoxy) is 2. The molecule has 0 aliphatic heterocycles. The fraction of sp³-hybridized carbons (Fsp3) is 0.500. The number of nitrogens with one attached hydrogen (secondary N) is 1. The van der Waals surface area contributed by atoms with Gasteiger partial charge in [-0.3, -0.25) is 9.40 Å². The standard InChI is InChI=1S/C20H26N4O4S/c1-26-16-10-14(12-24-9-5-8-21-24)11-17-19(16)20(22-28-17)23-29(25)13-18(27-2)15-6-3-4-7-15/h5,8-11,15,18H,3-4,6-7,12-13H2,1-2H3,(H,22,23). The van der Waals surface area contributed by atoms with Crippen molar-refractivity contribution in [1.82, 2.24) is 14.9 Å². The summed E-state index contributed by atoms with van der Waals surface area (Å²) in [6, 6.07) is 5.70. The van der Waals surface area contributed by atoms with Gasteiger partial charge in [-0.2, -0.15) is 5.10 Å². The summed E-state index contributed by atoms with van der Waals surface area (Å²) in [4.78, 5) is 0. The van der Waals surface area contributed by atoms with Gasteiger partial charge >= 0.3 is 0 Å². The summed E-state index contributed by atoms with van der Waals surface area (Å²) < 4.78 is 34.2. The fourth-order valence-corrected chi connectivity index (χ4v) is 5.16. The Morgan fingerprint density at radius 1 is 1.34 bits per heavy atom. The van der Waals surface area contributed by atoms with E-state index in [0.29, 0.717) is 40.8 Å². The highest BCUT2D eigenvalue weighted by atomic mass is 32.2. The van der Waals surface area contributed by atoms with Crippen LogP contribution in [0.3, 0.4) is 0 Å². The third-order valence-corrected chi connectivity index (χ3v) is 6.53. The maximum Gasteiger partial charge on any atom is 0.192 e. The van der Waals surface area contributed by atoms with Crippen molar-refractivity contribution in [2.24, 2.45) is 5.92 Å². The highest BCUT2D eigenvalue weighted by Gasteiger charge is 2.27. The van der Waals surface area contributed by atoms with E-state index < -0.39 is 11.0 Å². The van der Waals surface area contributed by atoms with E-state index in [1.807, 2.05) is 29.1 Å². The van der Waals surface area contributed by atoms with E-state index in [2.05, 4.69) is 15.0 Å². The molecule has 1 aliphatic carbocycles. The van der Waals surface area contributed by atoms with E-state index in [1.54, 1.807) is 20.4 Å². The minimum absolute atomic E-state index is 0.0217. The Morgan fingerprint density at radius 3 is 2.86 bits per heavy atom. The molecule has 2 aromatic heterocycles. The van der Waals surface area contributed by atoms with Crippen LogP contribution in [0.4, 0.5) is 5.82 Å². The molecule has 0 saturated heterocycles. The molecule has 0 amide bonds. The molecule has 9 heteroatoms. The van der Waals surface area contributed by atoms with Gasteiger partial charge in [0.25, 0.3) is 0 Å². The van der Waals surface area contributed by atoms with Crippen LogP contribution in [0.1, 0.15) is 31.2 Å². The second-order valence-electron chi connectivity index (χ2n) is 7.34.